The number of aromatic nitrogens is 2. The van der Waals surface area contributed by atoms with Crippen LogP contribution >= 0.6 is 0 Å². The summed E-state index contributed by atoms with van der Waals surface area (Å²) in [6.45, 7) is 0. The van der Waals surface area contributed by atoms with Crippen LogP contribution in [0.4, 0.5) is 10.6 Å². The van der Waals surface area contributed by atoms with E-state index in [4.69, 9.17) is 4.74 Å². The lowest BCUT2D eigenvalue weighted by atomic mass is 10.3. The number of benzene rings is 1. The largest absolute Gasteiger partial charge is 0.431 e. The van der Waals surface area contributed by atoms with Gasteiger partial charge in [0.05, 0.1) is 0 Å². The van der Waals surface area contributed by atoms with Crippen molar-refractivity contribution in [2.75, 3.05) is 5.43 Å². The second kappa shape index (κ2) is 5.45. The van der Waals surface area contributed by atoms with Crippen LogP contribution in [0.15, 0.2) is 48.9 Å². The van der Waals surface area contributed by atoms with E-state index in [2.05, 4.69) is 20.8 Å². The van der Waals surface area contributed by atoms with E-state index in [0.29, 0.717) is 11.6 Å². The molecule has 0 unspecified atom stereocenters. The predicted molar refractivity (Wildman–Crippen MR) is 61.3 cm³/mol. The molecule has 1 amide bonds. The number of hydrazine groups is 1. The molecular weight excluding hydrogens is 220 g/mol. The van der Waals surface area contributed by atoms with Crippen LogP contribution in [0.25, 0.3) is 0 Å². The van der Waals surface area contributed by atoms with Crippen molar-refractivity contribution < 1.29 is 9.53 Å². The molecule has 6 nitrogen and oxygen atoms in total. The lowest BCUT2D eigenvalue weighted by Crippen LogP contribution is -2.32. The number of nitrogens with one attached hydrogen (secondary N) is 2. The quantitative estimate of drug-likeness (QED) is 0.783. The summed E-state index contributed by atoms with van der Waals surface area (Å²) in [6, 6.07) is 10.4. The SMILES string of the molecule is O=C(NNc1ccncn1)Oc1ccccc1. The molecule has 0 saturated heterocycles. The average Bonchev–Trinajstić information content (AvgIpc) is 2.39. The van der Waals surface area contributed by atoms with Crippen molar-refractivity contribution >= 4 is 11.9 Å². The van der Waals surface area contributed by atoms with Gasteiger partial charge in [-0.15, -0.1) is 0 Å². The Kier molecular flexibility index (Phi) is 3.49. The van der Waals surface area contributed by atoms with E-state index in [9.17, 15) is 4.79 Å². The van der Waals surface area contributed by atoms with Gasteiger partial charge in [-0.25, -0.2) is 20.2 Å². The fraction of sp³-hybridized carbons (Fsp3) is 0. The summed E-state index contributed by atoms with van der Waals surface area (Å²) < 4.78 is 4.98. The van der Waals surface area contributed by atoms with Gasteiger partial charge in [0.2, 0.25) is 0 Å². The van der Waals surface area contributed by atoms with Crippen LogP contribution in [0, 0.1) is 0 Å². The molecule has 0 bridgehead atoms. The van der Waals surface area contributed by atoms with Crippen molar-refractivity contribution in [2.24, 2.45) is 0 Å². The number of nitrogens with zero attached hydrogens (tertiary/aromatic N) is 2. The number of hydrogen-bond acceptors (Lipinski definition) is 5. The summed E-state index contributed by atoms with van der Waals surface area (Å²) >= 11 is 0. The van der Waals surface area contributed by atoms with Crippen LogP contribution in [0.3, 0.4) is 0 Å². The Hall–Kier alpha value is -2.63. The second-order valence-electron chi connectivity index (χ2n) is 3.05. The van der Waals surface area contributed by atoms with E-state index in [-0.39, 0.29) is 0 Å². The molecule has 1 aromatic heterocycles. The van der Waals surface area contributed by atoms with Gasteiger partial charge in [-0.3, -0.25) is 5.43 Å². The van der Waals surface area contributed by atoms with E-state index in [1.54, 1.807) is 36.5 Å². The highest BCUT2D eigenvalue weighted by Crippen LogP contribution is 2.08. The molecule has 0 fully saturated rings. The third kappa shape index (κ3) is 3.45. The molecule has 0 atom stereocenters. The first-order chi connectivity index (χ1) is 8.34. The molecule has 17 heavy (non-hydrogen) atoms. The smallest absolute Gasteiger partial charge is 0.409 e. The summed E-state index contributed by atoms with van der Waals surface area (Å²) in [6.07, 6.45) is 2.31. The summed E-state index contributed by atoms with van der Waals surface area (Å²) in [5.41, 5.74) is 4.93. The number of rotatable bonds is 3. The highest BCUT2D eigenvalue weighted by molar-refractivity contribution is 5.71. The van der Waals surface area contributed by atoms with Crippen LogP contribution < -0.4 is 15.6 Å². The number of para-hydroxylation sites is 1. The highest BCUT2D eigenvalue weighted by Gasteiger charge is 2.02. The molecule has 2 N–H and O–H groups in total. The number of carbonyl (C=O) groups is 1. The standard InChI is InChI=1S/C11H10N4O2/c16-11(17-9-4-2-1-3-5-9)15-14-10-6-7-12-8-13-10/h1-8H,(H,15,16)(H,12,13,14). The molecule has 1 heterocycles. The number of carbonyl (C=O) groups excluding carboxylic acids is 1. The number of hydrogen-bond donors (Lipinski definition) is 2. The summed E-state index contributed by atoms with van der Waals surface area (Å²) in [5, 5.41) is 0. The van der Waals surface area contributed by atoms with E-state index in [1.807, 2.05) is 6.07 Å². The third-order valence-corrected chi connectivity index (χ3v) is 1.83. The van der Waals surface area contributed by atoms with Gasteiger partial charge in [0, 0.05) is 12.3 Å². The van der Waals surface area contributed by atoms with Crippen molar-refractivity contribution in [3.05, 3.63) is 48.9 Å². The maximum atomic E-state index is 11.3. The average molecular weight is 230 g/mol. The Labute approximate surface area is 97.6 Å². The van der Waals surface area contributed by atoms with Crippen molar-refractivity contribution in [1.82, 2.24) is 15.4 Å². The van der Waals surface area contributed by atoms with Crippen LogP contribution in [-0.2, 0) is 0 Å². The van der Waals surface area contributed by atoms with Crippen LogP contribution in [0.1, 0.15) is 0 Å². The van der Waals surface area contributed by atoms with E-state index in [1.165, 1.54) is 6.33 Å². The van der Waals surface area contributed by atoms with Gasteiger partial charge >= 0.3 is 6.09 Å². The molecule has 0 radical (unpaired) electrons. The lowest BCUT2D eigenvalue weighted by molar-refractivity contribution is 0.203. The molecule has 86 valence electrons. The normalized spacial score (nSPS) is 9.41. The molecule has 0 aliphatic heterocycles. The zero-order valence-electron chi connectivity index (χ0n) is 8.83. The first-order valence-electron chi connectivity index (χ1n) is 4.89. The topological polar surface area (TPSA) is 76.1 Å². The maximum absolute atomic E-state index is 11.3. The number of anilines is 1. The summed E-state index contributed by atoms with van der Waals surface area (Å²) in [5.74, 6) is 0.944. The van der Waals surface area contributed by atoms with Crippen molar-refractivity contribution in [2.45, 2.75) is 0 Å². The van der Waals surface area contributed by atoms with Gasteiger partial charge < -0.3 is 4.74 Å². The minimum Gasteiger partial charge on any atom is -0.409 e. The minimum atomic E-state index is -0.616. The molecule has 6 heteroatoms. The number of amides is 1. The highest BCUT2D eigenvalue weighted by atomic mass is 16.6. The van der Waals surface area contributed by atoms with Crippen molar-refractivity contribution in [1.29, 1.82) is 0 Å². The van der Waals surface area contributed by atoms with Crippen LogP contribution in [0.2, 0.25) is 0 Å². The van der Waals surface area contributed by atoms with E-state index < -0.39 is 6.09 Å². The predicted octanol–water partition coefficient (Wildman–Crippen LogP) is 1.59. The third-order valence-electron chi connectivity index (χ3n) is 1.83. The van der Waals surface area contributed by atoms with Crippen LogP contribution in [0.5, 0.6) is 5.75 Å². The molecule has 2 rings (SSSR count). The zero-order chi connectivity index (χ0) is 11.9. The lowest BCUT2D eigenvalue weighted by Gasteiger charge is -2.07. The van der Waals surface area contributed by atoms with Gasteiger partial charge in [0.15, 0.2) is 0 Å². The molecule has 0 aliphatic rings. The zero-order valence-corrected chi connectivity index (χ0v) is 8.83. The van der Waals surface area contributed by atoms with Gasteiger partial charge in [0.1, 0.15) is 17.9 Å². The number of ether oxygens (including phenoxy) is 1. The Balaban J connectivity index is 1.83. The Morgan fingerprint density at radius 2 is 2.00 bits per heavy atom. The molecular formula is C11H10N4O2. The second-order valence-corrected chi connectivity index (χ2v) is 3.05. The fourth-order valence-corrected chi connectivity index (χ4v) is 1.10. The molecule has 1 aromatic carbocycles. The van der Waals surface area contributed by atoms with E-state index in [0.717, 1.165) is 0 Å². The monoisotopic (exact) mass is 230 g/mol. The first-order valence-corrected chi connectivity index (χ1v) is 4.89. The van der Waals surface area contributed by atoms with Gasteiger partial charge in [0.25, 0.3) is 0 Å². The van der Waals surface area contributed by atoms with Crippen molar-refractivity contribution in [3.63, 3.8) is 0 Å². The molecule has 0 saturated carbocycles. The van der Waals surface area contributed by atoms with Crippen molar-refractivity contribution in [3.8, 4) is 5.75 Å². The van der Waals surface area contributed by atoms with Crippen LogP contribution in [-0.4, -0.2) is 16.1 Å². The fourth-order valence-electron chi connectivity index (χ4n) is 1.10. The van der Waals surface area contributed by atoms with Gasteiger partial charge in [-0.05, 0) is 12.1 Å². The molecule has 0 spiro atoms. The molecule has 0 aliphatic carbocycles. The Bertz CT molecular complexity index is 475. The maximum Gasteiger partial charge on any atom is 0.431 e. The minimum absolute atomic E-state index is 0.467. The Morgan fingerprint density at radius 3 is 2.71 bits per heavy atom. The van der Waals surface area contributed by atoms with Gasteiger partial charge in [-0.2, -0.15) is 0 Å². The molecule has 2 aromatic rings. The first kappa shape index (κ1) is 10.9. The van der Waals surface area contributed by atoms with Gasteiger partial charge in [-0.1, -0.05) is 18.2 Å². The summed E-state index contributed by atoms with van der Waals surface area (Å²) in [7, 11) is 0. The van der Waals surface area contributed by atoms with E-state index >= 15 is 0 Å². The summed E-state index contributed by atoms with van der Waals surface area (Å²) in [4.78, 5) is 19.0. The Morgan fingerprint density at radius 1 is 1.18 bits per heavy atom.